The molecule has 0 radical (unpaired) electrons. The topological polar surface area (TPSA) is 35.5 Å². The van der Waals surface area contributed by atoms with Crippen LogP contribution in [-0.2, 0) is 4.79 Å². The molecule has 0 spiro atoms. The van der Waals surface area contributed by atoms with E-state index in [1.165, 1.54) is 0 Å². The quantitative estimate of drug-likeness (QED) is 0.479. The number of carbonyl (C=O) groups is 1. The van der Waals surface area contributed by atoms with Crippen LogP contribution in [0.2, 0.25) is 0 Å². The lowest BCUT2D eigenvalue weighted by Gasteiger charge is -2.26. The highest BCUT2D eigenvalue weighted by molar-refractivity contribution is 7.81. The second-order valence-corrected chi connectivity index (χ2v) is 8.95. The van der Waals surface area contributed by atoms with Crippen molar-refractivity contribution in [2.75, 3.05) is 0 Å². The number of hydrogen-bond donors (Lipinski definition) is 0. The van der Waals surface area contributed by atoms with Gasteiger partial charge in [-0.25, -0.2) is 0 Å². The molecule has 27 heavy (non-hydrogen) atoms. The molecule has 3 nitrogen and oxygen atoms in total. The zero-order valence-corrected chi connectivity index (χ0v) is 17.7. The van der Waals surface area contributed by atoms with Gasteiger partial charge in [0.2, 0.25) is 0 Å². The van der Waals surface area contributed by atoms with Crippen LogP contribution in [0, 0.1) is 5.92 Å². The molecule has 0 heterocycles. The van der Waals surface area contributed by atoms with E-state index in [1.54, 1.807) is 24.3 Å². The van der Waals surface area contributed by atoms with Crippen molar-refractivity contribution in [3.05, 3.63) is 54.1 Å². The lowest BCUT2D eigenvalue weighted by Crippen LogP contribution is -2.25. The van der Waals surface area contributed by atoms with E-state index in [-0.39, 0.29) is 22.9 Å². The molecule has 0 bridgehead atoms. The van der Waals surface area contributed by atoms with E-state index in [0.717, 1.165) is 10.4 Å². The van der Waals surface area contributed by atoms with Crippen LogP contribution in [0.3, 0.4) is 0 Å². The Kier molecular flexibility index (Phi) is 6.42. The summed E-state index contributed by atoms with van der Waals surface area (Å²) in [7, 11) is 0. The fourth-order valence-corrected chi connectivity index (χ4v) is 2.67. The minimum Gasteiger partial charge on any atom is -0.487 e. The van der Waals surface area contributed by atoms with Gasteiger partial charge >= 0.3 is 0 Å². The first-order chi connectivity index (χ1) is 12.4. The molecule has 0 amide bonds. The van der Waals surface area contributed by atoms with E-state index in [1.807, 2.05) is 71.9 Å². The molecule has 1 aromatic rings. The Bertz CT molecular complexity index is 752. The molecule has 0 aromatic heterocycles. The van der Waals surface area contributed by atoms with Crippen LogP contribution in [0.1, 0.15) is 47.1 Å². The van der Waals surface area contributed by atoms with Gasteiger partial charge in [-0.3, -0.25) is 4.79 Å². The number of carbonyl (C=O) groups excluding carboxylic acids is 1. The van der Waals surface area contributed by atoms with E-state index in [0.29, 0.717) is 11.5 Å². The van der Waals surface area contributed by atoms with E-state index >= 15 is 0 Å². The Morgan fingerprint density at radius 2 is 1.44 bits per heavy atom. The third-order valence-corrected chi connectivity index (χ3v) is 3.81. The Labute approximate surface area is 167 Å². The minimum atomic E-state index is -0.364. The third-order valence-electron chi connectivity index (χ3n) is 3.54. The fraction of sp³-hybridized carbons (Fsp3) is 0.391. The summed E-state index contributed by atoms with van der Waals surface area (Å²) in [4.78, 5) is 13.3. The molecule has 2 rings (SSSR count). The SMILES string of the molecule is CC(C)(C)Oc1cccc(OC(C)(C)C)c1/C=C/C(=O)C1C=CC(=S)C=C1. The number of hydrogen-bond acceptors (Lipinski definition) is 4. The molecule has 0 saturated carbocycles. The third kappa shape index (κ3) is 6.79. The maximum atomic E-state index is 12.6. The molecular formula is C23H28O3S. The molecule has 144 valence electrons. The van der Waals surface area contributed by atoms with E-state index in [9.17, 15) is 4.79 Å². The summed E-state index contributed by atoms with van der Waals surface area (Å²) < 4.78 is 12.2. The van der Waals surface area contributed by atoms with Crippen molar-refractivity contribution in [2.24, 2.45) is 5.92 Å². The zero-order valence-electron chi connectivity index (χ0n) is 16.9. The first-order valence-electron chi connectivity index (χ1n) is 9.08. The summed E-state index contributed by atoms with van der Waals surface area (Å²) in [5, 5.41) is 0. The molecule has 0 N–H and O–H groups in total. The molecular weight excluding hydrogens is 356 g/mol. The van der Waals surface area contributed by atoms with Crippen LogP contribution in [0.25, 0.3) is 6.08 Å². The van der Waals surface area contributed by atoms with Gasteiger partial charge in [0.15, 0.2) is 5.78 Å². The lowest BCUT2D eigenvalue weighted by atomic mass is 9.97. The number of allylic oxidation sites excluding steroid dienone is 5. The second-order valence-electron chi connectivity index (χ2n) is 8.48. The van der Waals surface area contributed by atoms with Crippen LogP contribution < -0.4 is 9.47 Å². The first kappa shape index (κ1) is 21.1. The van der Waals surface area contributed by atoms with Crippen molar-refractivity contribution in [3.8, 4) is 11.5 Å². The number of rotatable bonds is 5. The molecule has 0 atom stereocenters. The summed E-state index contributed by atoms with van der Waals surface area (Å²) in [5.41, 5.74) is 0.0321. The van der Waals surface area contributed by atoms with Crippen LogP contribution in [0.15, 0.2) is 48.6 Å². The largest absolute Gasteiger partial charge is 0.487 e. The summed E-state index contributed by atoms with van der Waals surface area (Å²) >= 11 is 5.09. The molecule has 0 fully saturated rings. The first-order valence-corrected chi connectivity index (χ1v) is 9.49. The van der Waals surface area contributed by atoms with Crippen LogP contribution in [-0.4, -0.2) is 21.8 Å². The average molecular weight is 385 g/mol. The van der Waals surface area contributed by atoms with Crippen molar-refractivity contribution in [2.45, 2.75) is 52.7 Å². The predicted octanol–water partition coefficient (Wildman–Crippen LogP) is 5.74. The molecule has 0 saturated heterocycles. The number of ketones is 1. The van der Waals surface area contributed by atoms with Gasteiger partial charge in [-0.15, -0.1) is 0 Å². The summed E-state index contributed by atoms with van der Waals surface area (Å²) in [5.74, 6) is 1.06. The van der Waals surface area contributed by atoms with Gasteiger partial charge in [0.05, 0.1) is 11.5 Å². The smallest absolute Gasteiger partial charge is 0.166 e. The highest BCUT2D eigenvalue weighted by atomic mass is 32.1. The maximum absolute atomic E-state index is 12.6. The standard InChI is InChI=1S/C23H28O3S/c1-22(2,3)25-20-8-7-9-21(26-23(4,5)6)18(20)14-15-19(24)16-10-12-17(27)13-11-16/h7-16H,1-6H3/b15-14+. The lowest BCUT2D eigenvalue weighted by molar-refractivity contribution is -0.115. The van der Waals surface area contributed by atoms with E-state index in [2.05, 4.69) is 0 Å². The van der Waals surface area contributed by atoms with E-state index in [4.69, 9.17) is 21.7 Å². The highest BCUT2D eigenvalue weighted by Crippen LogP contribution is 2.34. The zero-order chi connectivity index (χ0) is 20.2. The second kappa shape index (κ2) is 8.22. The van der Waals surface area contributed by atoms with Gasteiger partial charge in [-0.05, 0) is 78.0 Å². The number of ether oxygens (including phenoxy) is 2. The molecule has 1 aromatic carbocycles. The highest BCUT2D eigenvalue weighted by Gasteiger charge is 2.20. The summed E-state index contributed by atoms with van der Waals surface area (Å²) in [6.07, 6.45) is 10.6. The Morgan fingerprint density at radius 1 is 0.963 bits per heavy atom. The molecule has 1 aliphatic rings. The van der Waals surface area contributed by atoms with Crippen molar-refractivity contribution >= 4 is 28.9 Å². The van der Waals surface area contributed by atoms with Crippen LogP contribution >= 0.6 is 12.2 Å². The van der Waals surface area contributed by atoms with Crippen LogP contribution in [0.5, 0.6) is 11.5 Å². The number of thiocarbonyl (C=S) groups is 1. The van der Waals surface area contributed by atoms with Gasteiger partial charge in [0, 0.05) is 4.86 Å². The number of benzene rings is 1. The van der Waals surface area contributed by atoms with Gasteiger partial charge < -0.3 is 9.47 Å². The molecule has 1 aliphatic carbocycles. The average Bonchev–Trinajstić information content (AvgIpc) is 2.51. The Hall–Kier alpha value is -2.20. The monoisotopic (exact) mass is 384 g/mol. The van der Waals surface area contributed by atoms with Gasteiger partial charge in [-0.2, -0.15) is 0 Å². The predicted molar refractivity (Wildman–Crippen MR) is 116 cm³/mol. The summed E-state index contributed by atoms with van der Waals surface area (Å²) in [6, 6.07) is 5.68. The molecule has 0 aliphatic heterocycles. The van der Waals surface area contributed by atoms with Crippen LogP contribution in [0.4, 0.5) is 0 Å². The Morgan fingerprint density at radius 3 is 1.89 bits per heavy atom. The van der Waals surface area contributed by atoms with Gasteiger partial charge in [0.25, 0.3) is 0 Å². The van der Waals surface area contributed by atoms with Crippen molar-refractivity contribution < 1.29 is 14.3 Å². The van der Waals surface area contributed by atoms with E-state index < -0.39 is 0 Å². The van der Waals surface area contributed by atoms with Crippen molar-refractivity contribution in [1.29, 1.82) is 0 Å². The maximum Gasteiger partial charge on any atom is 0.166 e. The van der Waals surface area contributed by atoms with Crippen molar-refractivity contribution in [3.63, 3.8) is 0 Å². The van der Waals surface area contributed by atoms with Crippen molar-refractivity contribution in [1.82, 2.24) is 0 Å². The van der Waals surface area contributed by atoms with Gasteiger partial charge in [-0.1, -0.05) is 30.4 Å². The Balaban J connectivity index is 2.36. The molecule has 0 unspecified atom stereocenters. The minimum absolute atomic E-state index is 0.0164. The summed E-state index contributed by atoms with van der Waals surface area (Å²) in [6.45, 7) is 11.9. The normalized spacial score (nSPS) is 15.4. The fourth-order valence-electron chi connectivity index (χ4n) is 2.51. The molecule has 4 heteroatoms. The van der Waals surface area contributed by atoms with Gasteiger partial charge in [0.1, 0.15) is 22.7 Å².